The lowest BCUT2D eigenvalue weighted by Crippen LogP contribution is -1.94. The first kappa shape index (κ1) is 14.7. The van der Waals surface area contributed by atoms with E-state index in [2.05, 4.69) is 26.6 Å². The van der Waals surface area contributed by atoms with Crippen LogP contribution in [-0.4, -0.2) is 16.2 Å². The number of benzene rings is 2. The molecule has 0 aliphatic rings. The minimum Gasteiger partial charge on any atom is -0.361 e. The van der Waals surface area contributed by atoms with Gasteiger partial charge >= 0.3 is 0 Å². The third-order valence-electron chi connectivity index (χ3n) is 4.00. The zero-order chi connectivity index (χ0) is 16.5. The van der Waals surface area contributed by atoms with Crippen LogP contribution >= 0.6 is 11.6 Å². The monoisotopic (exact) mass is 334 g/mol. The number of hydrazone groups is 1. The number of nitrogens with one attached hydrogen (secondary N) is 2. The lowest BCUT2D eigenvalue weighted by atomic mass is 10.1. The Kier molecular flexibility index (Phi) is 3.67. The van der Waals surface area contributed by atoms with E-state index < -0.39 is 0 Å². The molecule has 0 spiro atoms. The van der Waals surface area contributed by atoms with Crippen molar-refractivity contribution in [1.82, 2.24) is 9.97 Å². The maximum atomic E-state index is 6.31. The second-order valence-corrected chi connectivity index (χ2v) is 6.00. The molecule has 2 heterocycles. The minimum atomic E-state index is 0.679. The van der Waals surface area contributed by atoms with Crippen molar-refractivity contribution in [1.29, 1.82) is 0 Å². The van der Waals surface area contributed by atoms with Gasteiger partial charge in [-0.15, -0.1) is 0 Å². The minimum absolute atomic E-state index is 0.679. The number of para-hydroxylation sites is 1. The highest BCUT2D eigenvalue weighted by molar-refractivity contribution is 6.36. The van der Waals surface area contributed by atoms with Gasteiger partial charge < -0.3 is 4.98 Å². The molecule has 4 aromatic rings. The van der Waals surface area contributed by atoms with Crippen molar-refractivity contribution in [3.8, 4) is 0 Å². The van der Waals surface area contributed by atoms with Gasteiger partial charge in [0.1, 0.15) is 5.82 Å². The van der Waals surface area contributed by atoms with Gasteiger partial charge in [-0.25, -0.2) is 4.98 Å². The standard InChI is InChI=1S/C19H15ClN4/c1-12-6-8-17-15(19(12)20)7-9-18(23-17)24-22-11-13-10-21-16-5-3-2-4-14(13)16/h2-11,21H,1H3,(H,23,24)/b22-11+. The third kappa shape index (κ3) is 2.61. The topological polar surface area (TPSA) is 53.1 Å². The molecule has 0 amide bonds. The SMILES string of the molecule is Cc1ccc2nc(N/N=C/c3c[nH]c4ccccc34)ccc2c1Cl. The lowest BCUT2D eigenvalue weighted by Gasteiger charge is -2.05. The molecular weight excluding hydrogens is 320 g/mol. The summed E-state index contributed by atoms with van der Waals surface area (Å²) in [5.74, 6) is 0.679. The summed E-state index contributed by atoms with van der Waals surface area (Å²) in [4.78, 5) is 7.76. The maximum absolute atomic E-state index is 6.31. The number of rotatable bonds is 3. The number of pyridine rings is 1. The van der Waals surface area contributed by atoms with Crippen molar-refractivity contribution in [2.75, 3.05) is 5.43 Å². The van der Waals surface area contributed by atoms with Crippen molar-refractivity contribution >= 4 is 45.4 Å². The van der Waals surface area contributed by atoms with Gasteiger partial charge in [0.2, 0.25) is 0 Å². The van der Waals surface area contributed by atoms with Crippen molar-refractivity contribution in [3.05, 3.63) is 70.9 Å². The molecule has 118 valence electrons. The Hall–Kier alpha value is -2.85. The van der Waals surface area contributed by atoms with Gasteiger partial charge in [-0.1, -0.05) is 35.9 Å². The Bertz CT molecular complexity index is 1070. The lowest BCUT2D eigenvalue weighted by molar-refractivity contribution is 1.26. The first-order chi connectivity index (χ1) is 11.7. The van der Waals surface area contributed by atoms with Gasteiger partial charge in [0, 0.05) is 28.0 Å². The molecule has 4 rings (SSSR count). The van der Waals surface area contributed by atoms with Gasteiger partial charge in [-0.2, -0.15) is 5.10 Å². The van der Waals surface area contributed by atoms with Gasteiger partial charge in [0.05, 0.1) is 16.8 Å². The molecule has 5 heteroatoms. The molecule has 2 N–H and O–H groups in total. The third-order valence-corrected chi connectivity index (χ3v) is 4.50. The number of nitrogens with zero attached hydrogens (tertiary/aromatic N) is 2. The maximum Gasteiger partial charge on any atom is 0.146 e. The average Bonchev–Trinajstić information content (AvgIpc) is 3.02. The normalized spacial score (nSPS) is 11.6. The molecule has 0 saturated heterocycles. The number of aryl methyl sites for hydroxylation is 1. The van der Waals surface area contributed by atoms with Crippen molar-refractivity contribution in [3.63, 3.8) is 0 Å². The second kappa shape index (κ2) is 5.98. The van der Waals surface area contributed by atoms with E-state index in [4.69, 9.17) is 11.6 Å². The number of anilines is 1. The molecule has 24 heavy (non-hydrogen) atoms. The van der Waals surface area contributed by atoms with Crippen LogP contribution in [0.1, 0.15) is 11.1 Å². The molecule has 0 aliphatic carbocycles. The number of aromatic nitrogens is 2. The van der Waals surface area contributed by atoms with E-state index in [1.807, 2.05) is 55.6 Å². The zero-order valence-electron chi connectivity index (χ0n) is 13.0. The Labute approximate surface area is 144 Å². The first-order valence-electron chi connectivity index (χ1n) is 7.63. The summed E-state index contributed by atoms with van der Waals surface area (Å²) in [7, 11) is 0. The van der Waals surface area contributed by atoms with Crippen molar-refractivity contribution in [2.24, 2.45) is 5.10 Å². The van der Waals surface area contributed by atoms with Crippen LogP contribution in [0.25, 0.3) is 21.8 Å². The van der Waals surface area contributed by atoms with Crippen LogP contribution in [0.15, 0.2) is 59.8 Å². The van der Waals surface area contributed by atoms with E-state index in [9.17, 15) is 0 Å². The number of aromatic amines is 1. The highest BCUT2D eigenvalue weighted by Crippen LogP contribution is 2.26. The number of fused-ring (bicyclic) bond motifs is 2. The molecule has 0 aliphatic heterocycles. The molecule has 0 fully saturated rings. The Balaban J connectivity index is 1.59. The Morgan fingerprint density at radius 1 is 1.08 bits per heavy atom. The summed E-state index contributed by atoms with van der Waals surface area (Å²) in [6, 6.07) is 15.9. The number of hydrogen-bond donors (Lipinski definition) is 2. The quantitative estimate of drug-likeness (QED) is 0.403. The fourth-order valence-electron chi connectivity index (χ4n) is 2.71. The van der Waals surface area contributed by atoms with Crippen LogP contribution in [0.5, 0.6) is 0 Å². The average molecular weight is 335 g/mol. The van der Waals surface area contributed by atoms with Gasteiger partial charge in [0.15, 0.2) is 0 Å². The Morgan fingerprint density at radius 2 is 1.96 bits per heavy atom. The van der Waals surface area contributed by atoms with Crippen LogP contribution in [0.3, 0.4) is 0 Å². The van der Waals surface area contributed by atoms with Crippen LogP contribution in [0, 0.1) is 6.92 Å². The summed E-state index contributed by atoms with van der Waals surface area (Å²) < 4.78 is 0. The van der Waals surface area contributed by atoms with Crippen LogP contribution in [-0.2, 0) is 0 Å². The van der Waals surface area contributed by atoms with Crippen LogP contribution < -0.4 is 5.43 Å². The van der Waals surface area contributed by atoms with Crippen molar-refractivity contribution in [2.45, 2.75) is 6.92 Å². The predicted molar refractivity (Wildman–Crippen MR) is 101 cm³/mol. The molecule has 2 aromatic heterocycles. The molecule has 0 atom stereocenters. The molecule has 0 radical (unpaired) electrons. The summed E-state index contributed by atoms with van der Waals surface area (Å²) in [6.45, 7) is 1.99. The fourth-order valence-corrected chi connectivity index (χ4v) is 2.93. The summed E-state index contributed by atoms with van der Waals surface area (Å²) in [5.41, 5.74) is 6.98. The molecule has 0 saturated carbocycles. The van der Waals surface area contributed by atoms with Gasteiger partial charge in [-0.05, 0) is 36.8 Å². The zero-order valence-corrected chi connectivity index (χ0v) is 13.8. The number of H-pyrrole nitrogens is 1. The van der Waals surface area contributed by atoms with E-state index in [0.29, 0.717) is 5.82 Å². The highest BCUT2D eigenvalue weighted by atomic mass is 35.5. The largest absolute Gasteiger partial charge is 0.361 e. The molecule has 0 bridgehead atoms. The first-order valence-corrected chi connectivity index (χ1v) is 8.01. The van der Waals surface area contributed by atoms with E-state index in [0.717, 1.165) is 38.0 Å². The summed E-state index contributed by atoms with van der Waals surface area (Å²) >= 11 is 6.31. The van der Waals surface area contributed by atoms with E-state index in [1.54, 1.807) is 6.21 Å². The van der Waals surface area contributed by atoms with E-state index in [-0.39, 0.29) is 0 Å². The Morgan fingerprint density at radius 3 is 2.88 bits per heavy atom. The van der Waals surface area contributed by atoms with E-state index >= 15 is 0 Å². The van der Waals surface area contributed by atoms with E-state index in [1.165, 1.54) is 0 Å². The fraction of sp³-hybridized carbons (Fsp3) is 0.0526. The number of hydrogen-bond acceptors (Lipinski definition) is 3. The molecule has 2 aromatic carbocycles. The highest BCUT2D eigenvalue weighted by Gasteiger charge is 2.04. The van der Waals surface area contributed by atoms with Crippen LogP contribution in [0.2, 0.25) is 5.02 Å². The molecule has 4 nitrogen and oxygen atoms in total. The van der Waals surface area contributed by atoms with Crippen LogP contribution in [0.4, 0.5) is 5.82 Å². The number of halogens is 1. The summed E-state index contributed by atoms with van der Waals surface area (Å²) in [5, 5.41) is 7.12. The second-order valence-electron chi connectivity index (χ2n) is 5.62. The molecule has 0 unspecified atom stereocenters. The smallest absolute Gasteiger partial charge is 0.146 e. The van der Waals surface area contributed by atoms with Gasteiger partial charge in [0.25, 0.3) is 0 Å². The van der Waals surface area contributed by atoms with Crippen molar-refractivity contribution < 1.29 is 0 Å². The molecular formula is C19H15ClN4. The van der Waals surface area contributed by atoms with Gasteiger partial charge in [-0.3, -0.25) is 5.43 Å². The summed E-state index contributed by atoms with van der Waals surface area (Å²) in [6.07, 6.45) is 3.72. The predicted octanol–water partition coefficient (Wildman–Crippen LogP) is 5.12.